The van der Waals surface area contributed by atoms with Gasteiger partial charge >= 0.3 is 6.09 Å². The highest BCUT2D eigenvalue weighted by Gasteiger charge is 2.13. The Labute approximate surface area is 76.4 Å². The van der Waals surface area contributed by atoms with Gasteiger partial charge in [0.25, 0.3) is 0 Å². The van der Waals surface area contributed by atoms with E-state index in [4.69, 9.17) is 0 Å². The fraction of sp³-hybridized carbons (Fsp3) is 0.857. The maximum atomic E-state index is 10.7. The van der Waals surface area contributed by atoms with Crippen molar-refractivity contribution in [3.63, 3.8) is 0 Å². The molecule has 0 saturated carbocycles. The molecule has 1 unspecified atom stereocenters. The summed E-state index contributed by atoms with van der Waals surface area (Å²) in [4.78, 5) is 10.7. The number of methoxy groups -OCH3 is 1. The zero-order valence-corrected chi connectivity index (χ0v) is 7.95. The number of ether oxygens (including phenoxy) is 1. The smallest absolute Gasteiger partial charge is 0.406 e. The molecule has 1 heterocycles. The molecule has 70 valence electrons. The van der Waals surface area contributed by atoms with Crippen molar-refractivity contribution in [1.29, 1.82) is 0 Å². The second-order valence-electron chi connectivity index (χ2n) is 2.57. The summed E-state index contributed by atoms with van der Waals surface area (Å²) in [6.45, 7) is 2.72. The number of hydrogen-bond donors (Lipinski definition) is 2. The lowest BCUT2D eigenvalue weighted by atomic mass is 10.4. The van der Waals surface area contributed by atoms with Crippen molar-refractivity contribution in [3.05, 3.63) is 0 Å². The molecule has 1 aliphatic heterocycles. The summed E-state index contributed by atoms with van der Waals surface area (Å²) < 4.78 is 4.46. The van der Waals surface area contributed by atoms with E-state index in [0.29, 0.717) is 11.8 Å². The van der Waals surface area contributed by atoms with Gasteiger partial charge in [0, 0.05) is 30.6 Å². The number of amides is 1. The molecule has 0 radical (unpaired) electrons. The summed E-state index contributed by atoms with van der Waals surface area (Å²) in [5.74, 6) is 1.12. The van der Waals surface area contributed by atoms with Crippen LogP contribution >= 0.6 is 11.8 Å². The third-order valence-electron chi connectivity index (χ3n) is 1.66. The highest BCUT2D eigenvalue weighted by atomic mass is 32.2. The number of alkyl carbamates (subject to hydrolysis) is 1. The SMILES string of the molecule is COC(=O)NCC1CNCCS1. The van der Waals surface area contributed by atoms with Crippen LogP contribution in [0, 0.1) is 0 Å². The highest BCUT2D eigenvalue weighted by Crippen LogP contribution is 2.11. The molecule has 1 saturated heterocycles. The van der Waals surface area contributed by atoms with Crippen LogP contribution in [0.1, 0.15) is 0 Å². The van der Waals surface area contributed by atoms with Crippen molar-refractivity contribution < 1.29 is 9.53 Å². The van der Waals surface area contributed by atoms with E-state index in [1.54, 1.807) is 0 Å². The van der Waals surface area contributed by atoms with Gasteiger partial charge in [-0.2, -0.15) is 11.8 Å². The summed E-state index contributed by atoms with van der Waals surface area (Å²) >= 11 is 1.88. The van der Waals surface area contributed by atoms with Crippen LogP contribution in [0.4, 0.5) is 4.79 Å². The van der Waals surface area contributed by atoms with Gasteiger partial charge in [-0.05, 0) is 0 Å². The van der Waals surface area contributed by atoms with Crippen molar-refractivity contribution in [3.8, 4) is 0 Å². The lowest BCUT2D eigenvalue weighted by Gasteiger charge is -2.22. The minimum atomic E-state index is -0.346. The first-order chi connectivity index (χ1) is 5.83. The van der Waals surface area contributed by atoms with Crippen LogP contribution in [0.25, 0.3) is 0 Å². The van der Waals surface area contributed by atoms with Gasteiger partial charge < -0.3 is 15.4 Å². The molecule has 1 amide bonds. The zero-order chi connectivity index (χ0) is 8.81. The van der Waals surface area contributed by atoms with Crippen LogP contribution in [0.3, 0.4) is 0 Å². The van der Waals surface area contributed by atoms with Gasteiger partial charge in [0.05, 0.1) is 7.11 Å². The molecule has 0 aromatic rings. The van der Waals surface area contributed by atoms with Gasteiger partial charge in [-0.25, -0.2) is 4.79 Å². The van der Waals surface area contributed by atoms with Crippen molar-refractivity contribution in [1.82, 2.24) is 10.6 Å². The number of thioether (sulfide) groups is 1. The zero-order valence-electron chi connectivity index (χ0n) is 7.13. The Morgan fingerprint density at radius 2 is 2.67 bits per heavy atom. The normalized spacial score (nSPS) is 23.2. The molecular weight excluding hydrogens is 176 g/mol. The molecule has 0 aliphatic carbocycles. The Morgan fingerprint density at radius 3 is 3.25 bits per heavy atom. The van der Waals surface area contributed by atoms with Gasteiger partial charge in [-0.3, -0.25) is 0 Å². The van der Waals surface area contributed by atoms with Gasteiger partial charge in [0.2, 0.25) is 0 Å². The largest absolute Gasteiger partial charge is 0.453 e. The average Bonchev–Trinajstić information content (AvgIpc) is 2.16. The van der Waals surface area contributed by atoms with Crippen LogP contribution < -0.4 is 10.6 Å². The second kappa shape index (κ2) is 5.27. The quantitative estimate of drug-likeness (QED) is 0.646. The van der Waals surface area contributed by atoms with Crippen LogP contribution in [0.5, 0.6) is 0 Å². The van der Waals surface area contributed by atoms with Crippen LogP contribution in [0.2, 0.25) is 0 Å². The first-order valence-corrected chi connectivity index (χ1v) is 5.02. The minimum absolute atomic E-state index is 0.346. The molecule has 12 heavy (non-hydrogen) atoms. The van der Waals surface area contributed by atoms with Crippen molar-refractivity contribution >= 4 is 17.9 Å². The summed E-state index contributed by atoms with van der Waals surface area (Å²) in [7, 11) is 1.38. The van der Waals surface area contributed by atoms with Gasteiger partial charge in [-0.1, -0.05) is 0 Å². The van der Waals surface area contributed by atoms with Crippen LogP contribution in [-0.2, 0) is 4.74 Å². The molecule has 5 heteroatoms. The number of carbonyl (C=O) groups excluding carboxylic acids is 1. The van der Waals surface area contributed by atoms with Crippen molar-refractivity contribution in [2.45, 2.75) is 5.25 Å². The predicted octanol–water partition coefficient (Wildman–Crippen LogP) is 0.0474. The summed E-state index contributed by atoms with van der Waals surface area (Å²) in [6, 6.07) is 0. The molecule has 1 fully saturated rings. The molecule has 0 aromatic heterocycles. The van der Waals surface area contributed by atoms with E-state index in [2.05, 4.69) is 15.4 Å². The predicted molar refractivity (Wildman–Crippen MR) is 49.5 cm³/mol. The second-order valence-corrected chi connectivity index (χ2v) is 3.98. The standard InChI is InChI=1S/C7H14N2O2S/c1-11-7(10)9-5-6-4-8-2-3-12-6/h6,8H,2-5H2,1H3,(H,9,10). The summed E-state index contributed by atoms with van der Waals surface area (Å²) in [5.41, 5.74) is 0. The number of hydrogen-bond acceptors (Lipinski definition) is 4. The lowest BCUT2D eigenvalue weighted by Crippen LogP contribution is -2.40. The fourth-order valence-electron chi connectivity index (χ4n) is 1.02. The summed E-state index contributed by atoms with van der Waals surface area (Å²) in [5, 5.41) is 6.43. The van der Waals surface area contributed by atoms with E-state index < -0.39 is 0 Å². The first kappa shape index (κ1) is 9.67. The number of nitrogens with one attached hydrogen (secondary N) is 2. The van der Waals surface area contributed by atoms with Crippen molar-refractivity contribution in [2.24, 2.45) is 0 Å². The van der Waals surface area contributed by atoms with E-state index in [0.717, 1.165) is 18.8 Å². The Hall–Kier alpha value is -0.420. The van der Waals surface area contributed by atoms with E-state index in [1.807, 2.05) is 11.8 Å². The molecule has 4 nitrogen and oxygen atoms in total. The third kappa shape index (κ3) is 3.32. The topological polar surface area (TPSA) is 50.4 Å². The fourth-order valence-corrected chi connectivity index (χ4v) is 2.05. The maximum Gasteiger partial charge on any atom is 0.406 e. The number of carbonyl (C=O) groups is 1. The van der Waals surface area contributed by atoms with Gasteiger partial charge in [0.1, 0.15) is 0 Å². The molecular formula is C7H14N2O2S. The van der Waals surface area contributed by atoms with E-state index in [9.17, 15) is 4.79 Å². The Morgan fingerprint density at radius 1 is 1.83 bits per heavy atom. The van der Waals surface area contributed by atoms with Crippen LogP contribution in [0.15, 0.2) is 0 Å². The third-order valence-corrected chi connectivity index (χ3v) is 2.91. The molecule has 2 N–H and O–H groups in total. The molecule has 0 aromatic carbocycles. The molecule has 0 bridgehead atoms. The highest BCUT2D eigenvalue weighted by molar-refractivity contribution is 8.00. The monoisotopic (exact) mass is 190 g/mol. The van der Waals surface area contributed by atoms with Crippen molar-refractivity contribution in [2.75, 3.05) is 32.5 Å². The molecule has 1 rings (SSSR count). The molecule has 0 spiro atoms. The summed E-state index contributed by atoms with van der Waals surface area (Å²) in [6.07, 6.45) is -0.346. The van der Waals surface area contributed by atoms with E-state index in [-0.39, 0.29) is 6.09 Å². The van der Waals surface area contributed by atoms with E-state index in [1.165, 1.54) is 7.11 Å². The van der Waals surface area contributed by atoms with E-state index >= 15 is 0 Å². The Bertz CT molecular complexity index is 148. The lowest BCUT2D eigenvalue weighted by molar-refractivity contribution is 0.171. The van der Waals surface area contributed by atoms with Gasteiger partial charge in [-0.15, -0.1) is 0 Å². The average molecular weight is 190 g/mol. The van der Waals surface area contributed by atoms with Gasteiger partial charge in [0.15, 0.2) is 0 Å². The minimum Gasteiger partial charge on any atom is -0.453 e. The maximum absolute atomic E-state index is 10.7. The Kier molecular flexibility index (Phi) is 4.24. The van der Waals surface area contributed by atoms with Crippen LogP contribution in [-0.4, -0.2) is 43.8 Å². The molecule has 1 atom stereocenters. The molecule has 1 aliphatic rings. The number of rotatable bonds is 2. The first-order valence-electron chi connectivity index (χ1n) is 3.97. The Balaban J connectivity index is 2.09.